The predicted octanol–water partition coefficient (Wildman–Crippen LogP) is 2.58. The highest BCUT2D eigenvalue weighted by Crippen LogP contribution is 2.41. The summed E-state index contributed by atoms with van der Waals surface area (Å²) in [5.74, 6) is -0.164. The maximum atomic E-state index is 13.2. The third kappa shape index (κ3) is 3.78. The Morgan fingerprint density at radius 2 is 1.80 bits per heavy atom. The van der Waals surface area contributed by atoms with E-state index in [0.29, 0.717) is 54.1 Å². The largest absolute Gasteiger partial charge is 0.482 e. The fraction of sp³-hybridized carbons (Fsp3) is 0.261. The Hall–Kier alpha value is -3.61. The number of hydrogen-bond donors (Lipinski definition) is 2. The van der Waals surface area contributed by atoms with Crippen LogP contribution in [0, 0.1) is 0 Å². The lowest BCUT2D eigenvalue weighted by atomic mass is 9.84. The summed E-state index contributed by atoms with van der Waals surface area (Å²) in [6, 6.07) is 13.9. The van der Waals surface area contributed by atoms with Crippen LogP contribution in [-0.4, -0.2) is 41.3 Å². The quantitative estimate of drug-likeness (QED) is 0.819. The number of para-hydroxylation sites is 1. The molecule has 0 radical (unpaired) electrons. The van der Waals surface area contributed by atoms with Crippen LogP contribution in [0.4, 0.5) is 5.69 Å². The van der Waals surface area contributed by atoms with E-state index in [1.54, 1.807) is 36.1 Å². The second-order valence-electron chi connectivity index (χ2n) is 7.63. The second-order valence-corrected chi connectivity index (χ2v) is 7.63. The molecule has 2 aromatic rings. The second kappa shape index (κ2) is 7.67. The van der Waals surface area contributed by atoms with Crippen molar-refractivity contribution in [2.75, 3.05) is 18.4 Å². The first-order chi connectivity index (χ1) is 14.4. The van der Waals surface area contributed by atoms with E-state index in [1.807, 2.05) is 30.3 Å². The maximum Gasteiger partial charge on any atom is 0.256 e. The molecule has 1 fully saturated rings. The van der Waals surface area contributed by atoms with Crippen molar-refractivity contribution in [2.45, 2.75) is 25.4 Å². The number of likely N-dealkylation sites (tertiary alicyclic amines) is 1. The molecule has 7 heteroatoms. The van der Waals surface area contributed by atoms with Crippen molar-refractivity contribution in [3.05, 3.63) is 65.7 Å². The number of nitrogens with one attached hydrogen (secondary N) is 1. The Kier molecular flexibility index (Phi) is 5.03. The Morgan fingerprint density at radius 3 is 2.50 bits per heavy atom. The van der Waals surface area contributed by atoms with Gasteiger partial charge in [-0.25, -0.2) is 0 Å². The van der Waals surface area contributed by atoms with E-state index in [2.05, 4.69) is 5.32 Å². The van der Waals surface area contributed by atoms with E-state index < -0.39 is 11.5 Å². The summed E-state index contributed by atoms with van der Waals surface area (Å²) in [4.78, 5) is 38.1. The van der Waals surface area contributed by atoms with E-state index in [0.717, 1.165) is 0 Å². The summed E-state index contributed by atoms with van der Waals surface area (Å²) >= 11 is 0. The van der Waals surface area contributed by atoms with Crippen molar-refractivity contribution in [1.82, 2.24) is 4.90 Å². The molecule has 1 spiro atoms. The van der Waals surface area contributed by atoms with Gasteiger partial charge in [-0.3, -0.25) is 14.4 Å². The molecule has 3 N–H and O–H groups in total. The first kappa shape index (κ1) is 19.7. The number of rotatable bonds is 3. The minimum atomic E-state index is -0.637. The monoisotopic (exact) mass is 405 g/mol. The number of anilines is 1. The maximum absolute atomic E-state index is 13.2. The highest BCUT2D eigenvalue weighted by Gasteiger charge is 2.40. The lowest BCUT2D eigenvalue weighted by molar-refractivity contribution is -0.131. The molecule has 4 rings (SSSR count). The minimum Gasteiger partial charge on any atom is -0.482 e. The van der Waals surface area contributed by atoms with Crippen LogP contribution in [0.15, 0.2) is 54.6 Å². The summed E-state index contributed by atoms with van der Waals surface area (Å²) in [5.41, 5.74) is 6.73. The van der Waals surface area contributed by atoms with Gasteiger partial charge in [0.05, 0.1) is 5.57 Å². The molecule has 0 aromatic heterocycles. The summed E-state index contributed by atoms with van der Waals surface area (Å²) in [7, 11) is 0. The molecule has 2 aliphatic heterocycles. The van der Waals surface area contributed by atoms with Gasteiger partial charge in [-0.15, -0.1) is 0 Å². The van der Waals surface area contributed by atoms with E-state index in [4.69, 9.17) is 10.5 Å². The van der Waals surface area contributed by atoms with Crippen LogP contribution in [0.1, 0.15) is 35.7 Å². The number of benzene rings is 2. The highest BCUT2D eigenvalue weighted by atomic mass is 16.5. The highest BCUT2D eigenvalue weighted by molar-refractivity contribution is 6.26. The Balaban J connectivity index is 1.64. The van der Waals surface area contributed by atoms with Crippen molar-refractivity contribution < 1.29 is 19.1 Å². The summed E-state index contributed by atoms with van der Waals surface area (Å²) in [5, 5.41) is 2.86. The van der Waals surface area contributed by atoms with Crippen LogP contribution in [0.2, 0.25) is 0 Å². The van der Waals surface area contributed by atoms with Crippen molar-refractivity contribution in [3.8, 4) is 5.75 Å². The Morgan fingerprint density at radius 1 is 1.07 bits per heavy atom. The number of nitrogens with zero attached hydrogens (tertiary/aromatic N) is 1. The Bertz CT molecular complexity index is 1050. The zero-order valence-electron chi connectivity index (χ0n) is 16.7. The molecule has 30 heavy (non-hydrogen) atoms. The number of nitrogens with two attached hydrogens (primary N) is 1. The van der Waals surface area contributed by atoms with Crippen LogP contribution >= 0.6 is 0 Å². The van der Waals surface area contributed by atoms with Gasteiger partial charge < -0.3 is 20.7 Å². The molecular formula is C23H23N3O4. The third-order valence-electron chi connectivity index (χ3n) is 5.60. The molecule has 7 nitrogen and oxygen atoms in total. The van der Waals surface area contributed by atoms with Crippen molar-refractivity contribution in [3.63, 3.8) is 0 Å². The zero-order valence-corrected chi connectivity index (χ0v) is 16.7. The molecule has 1 saturated heterocycles. The number of ether oxygens (including phenoxy) is 1. The SMILES string of the molecule is CC(=O)N1CCC2(C=C(C(=O)Nc3cccc(C(N)=O)c3)c3ccccc3O2)CC1. The molecule has 0 saturated carbocycles. The summed E-state index contributed by atoms with van der Waals surface area (Å²) in [6.07, 6.45) is 3.09. The average molecular weight is 405 g/mol. The first-order valence-corrected chi connectivity index (χ1v) is 9.85. The lowest BCUT2D eigenvalue weighted by Gasteiger charge is -2.42. The molecule has 3 amide bonds. The van der Waals surface area contributed by atoms with Gasteiger partial charge in [0.1, 0.15) is 11.4 Å². The van der Waals surface area contributed by atoms with Gasteiger partial charge in [-0.05, 0) is 30.3 Å². The number of carbonyl (C=O) groups excluding carboxylic acids is 3. The number of hydrogen-bond acceptors (Lipinski definition) is 4. The smallest absolute Gasteiger partial charge is 0.256 e. The van der Waals surface area contributed by atoms with Crippen molar-refractivity contribution >= 4 is 29.0 Å². The van der Waals surface area contributed by atoms with E-state index in [-0.39, 0.29) is 11.8 Å². The van der Waals surface area contributed by atoms with Crippen LogP contribution in [0.3, 0.4) is 0 Å². The fourth-order valence-corrected chi connectivity index (χ4v) is 3.95. The van der Waals surface area contributed by atoms with Gasteiger partial charge >= 0.3 is 0 Å². The van der Waals surface area contributed by atoms with Gasteiger partial charge in [0.2, 0.25) is 11.8 Å². The molecule has 2 aliphatic rings. The summed E-state index contributed by atoms with van der Waals surface area (Å²) < 4.78 is 6.31. The summed E-state index contributed by atoms with van der Waals surface area (Å²) in [6.45, 7) is 2.71. The number of fused-ring (bicyclic) bond motifs is 1. The standard InChI is InChI=1S/C23H23N3O4/c1-15(27)26-11-9-23(10-12-26)14-19(18-7-2-3-8-20(18)30-23)22(29)25-17-6-4-5-16(13-17)21(24)28/h2-8,13-14H,9-12H2,1H3,(H2,24,28)(H,25,29). The molecule has 0 aliphatic carbocycles. The number of piperidine rings is 1. The molecule has 2 aromatic carbocycles. The number of carbonyl (C=O) groups is 3. The van der Waals surface area contributed by atoms with Crippen molar-refractivity contribution in [1.29, 1.82) is 0 Å². The molecular weight excluding hydrogens is 382 g/mol. The Labute approximate surface area is 174 Å². The zero-order chi connectivity index (χ0) is 21.3. The number of amides is 3. The predicted molar refractivity (Wildman–Crippen MR) is 113 cm³/mol. The minimum absolute atomic E-state index is 0.0392. The van der Waals surface area contributed by atoms with E-state index >= 15 is 0 Å². The number of primary amides is 1. The van der Waals surface area contributed by atoms with Gasteiger partial charge in [-0.1, -0.05) is 24.3 Å². The first-order valence-electron chi connectivity index (χ1n) is 9.85. The van der Waals surface area contributed by atoms with E-state index in [1.165, 1.54) is 0 Å². The van der Waals surface area contributed by atoms with Crippen LogP contribution in [0.25, 0.3) is 5.57 Å². The fourth-order valence-electron chi connectivity index (χ4n) is 3.95. The normalized spacial score (nSPS) is 16.8. The lowest BCUT2D eigenvalue weighted by Crippen LogP contribution is -2.49. The van der Waals surface area contributed by atoms with Gasteiger partial charge in [0.25, 0.3) is 5.91 Å². The molecule has 0 atom stereocenters. The average Bonchev–Trinajstić information content (AvgIpc) is 2.73. The van der Waals surface area contributed by atoms with Gasteiger partial charge in [0.15, 0.2) is 0 Å². The van der Waals surface area contributed by atoms with Crippen LogP contribution < -0.4 is 15.8 Å². The molecule has 154 valence electrons. The van der Waals surface area contributed by atoms with E-state index in [9.17, 15) is 14.4 Å². The molecule has 0 bridgehead atoms. The van der Waals surface area contributed by atoms with Gasteiger partial charge in [0, 0.05) is 49.7 Å². The van der Waals surface area contributed by atoms with Gasteiger partial charge in [-0.2, -0.15) is 0 Å². The molecule has 2 heterocycles. The third-order valence-corrected chi connectivity index (χ3v) is 5.60. The molecule has 0 unspecified atom stereocenters. The van der Waals surface area contributed by atoms with Crippen LogP contribution in [-0.2, 0) is 9.59 Å². The van der Waals surface area contributed by atoms with Crippen LogP contribution in [0.5, 0.6) is 5.75 Å². The topological polar surface area (TPSA) is 102 Å². The van der Waals surface area contributed by atoms with Crippen molar-refractivity contribution in [2.24, 2.45) is 5.73 Å².